The summed E-state index contributed by atoms with van der Waals surface area (Å²) < 4.78 is 0. The summed E-state index contributed by atoms with van der Waals surface area (Å²) in [7, 11) is 0. The minimum atomic E-state index is 1.18. The van der Waals surface area contributed by atoms with E-state index < -0.39 is 0 Å². The fraction of sp³-hybridized carbons (Fsp3) is 0.0213. The van der Waals surface area contributed by atoms with E-state index in [4.69, 9.17) is 0 Å². The maximum atomic E-state index is 4.04. The monoisotopic (exact) mass is 598 g/mol. The second-order valence-corrected chi connectivity index (χ2v) is 12.2. The van der Waals surface area contributed by atoms with Gasteiger partial charge in [-0.2, -0.15) is 0 Å². The molecule has 0 unspecified atom stereocenters. The van der Waals surface area contributed by atoms with E-state index in [1.165, 1.54) is 88.0 Å². The summed E-state index contributed by atoms with van der Waals surface area (Å²) in [6.45, 7) is 6.21. The molecule has 0 aliphatic rings. The predicted octanol–water partition coefficient (Wildman–Crippen LogP) is 13.1. The smallest absolute Gasteiger partial charge is 0.00262 e. The fourth-order valence-corrected chi connectivity index (χ4v) is 7.22. The van der Waals surface area contributed by atoms with Crippen molar-refractivity contribution in [3.63, 3.8) is 0 Å². The molecule has 222 valence electrons. The maximum absolute atomic E-state index is 4.04. The maximum Gasteiger partial charge on any atom is -0.00262 e. The lowest BCUT2D eigenvalue weighted by Gasteiger charge is -2.19. The molecule has 8 rings (SSSR count). The van der Waals surface area contributed by atoms with Crippen molar-refractivity contribution < 1.29 is 0 Å². The van der Waals surface area contributed by atoms with Gasteiger partial charge in [0.1, 0.15) is 0 Å². The van der Waals surface area contributed by atoms with E-state index in [0.717, 1.165) is 0 Å². The van der Waals surface area contributed by atoms with E-state index in [1.54, 1.807) is 0 Å². The van der Waals surface area contributed by atoms with Gasteiger partial charge < -0.3 is 0 Å². The molecule has 0 heterocycles. The van der Waals surface area contributed by atoms with E-state index in [1.807, 2.05) is 6.08 Å². The number of allylic oxidation sites excluding steroid dienone is 2. The lowest BCUT2D eigenvalue weighted by molar-refractivity contribution is 1.41. The predicted molar refractivity (Wildman–Crippen MR) is 204 cm³/mol. The lowest BCUT2D eigenvalue weighted by atomic mass is 9.84. The highest BCUT2D eigenvalue weighted by Gasteiger charge is 2.18. The molecule has 0 amide bonds. The van der Waals surface area contributed by atoms with Gasteiger partial charge in [-0.15, -0.1) is 0 Å². The Morgan fingerprint density at radius 2 is 1.00 bits per heavy atom. The minimum absolute atomic E-state index is 1.18. The molecule has 0 aromatic heterocycles. The van der Waals surface area contributed by atoms with Crippen molar-refractivity contribution in [2.75, 3.05) is 0 Å². The number of benzene rings is 8. The standard InChI is InChI=1S/C47H34/c1-3-14-39(38-20-6-4-15-32(38)2)36-18-12-19-37(31-36)47-44-24-10-8-22-42(44)46(43-23-9-11-25-45(43)47)35-29-27-34(28-30-35)41-26-13-17-33-16-5-7-21-40(33)41/h3-31H,1H2,2H3/b39-14-. The van der Waals surface area contributed by atoms with Crippen molar-refractivity contribution in [1.82, 2.24) is 0 Å². The molecule has 0 aliphatic heterocycles. The molecule has 0 aliphatic carbocycles. The first kappa shape index (κ1) is 28.5. The van der Waals surface area contributed by atoms with Gasteiger partial charge in [-0.05, 0) is 101 Å². The summed E-state index contributed by atoms with van der Waals surface area (Å²) in [6, 6.07) is 59.6. The van der Waals surface area contributed by atoms with E-state index in [-0.39, 0.29) is 0 Å². The highest BCUT2D eigenvalue weighted by Crippen LogP contribution is 2.44. The molecule has 0 nitrogen and oxygen atoms in total. The van der Waals surface area contributed by atoms with Gasteiger partial charge in [0.05, 0.1) is 0 Å². The summed E-state index contributed by atoms with van der Waals surface area (Å²) in [4.78, 5) is 0. The second-order valence-electron chi connectivity index (χ2n) is 12.2. The Balaban J connectivity index is 1.31. The van der Waals surface area contributed by atoms with Crippen LogP contribution in [0.25, 0.3) is 71.3 Å². The van der Waals surface area contributed by atoms with Crippen LogP contribution < -0.4 is 0 Å². The van der Waals surface area contributed by atoms with E-state index >= 15 is 0 Å². The number of hydrogen-bond donors (Lipinski definition) is 0. The summed E-state index contributed by atoms with van der Waals surface area (Å²) in [5.74, 6) is 0. The highest BCUT2D eigenvalue weighted by atomic mass is 14.2. The lowest BCUT2D eigenvalue weighted by Crippen LogP contribution is -1.94. The van der Waals surface area contributed by atoms with Gasteiger partial charge in [0, 0.05) is 0 Å². The zero-order valence-electron chi connectivity index (χ0n) is 26.5. The van der Waals surface area contributed by atoms with Crippen LogP contribution in [0.4, 0.5) is 0 Å². The number of aryl methyl sites for hydroxylation is 1. The first-order valence-corrected chi connectivity index (χ1v) is 16.2. The highest BCUT2D eigenvalue weighted by molar-refractivity contribution is 6.21. The average molecular weight is 599 g/mol. The van der Waals surface area contributed by atoms with Crippen LogP contribution >= 0.6 is 0 Å². The molecule has 0 N–H and O–H groups in total. The number of fused-ring (bicyclic) bond motifs is 3. The van der Waals surface area contributed by atoms with Crippen molar-refractivity contribution in [2.24, 2.45) is 0 Å². The van der Waals surface area contributed by atoms with Crippen molar-refractivity contribution in [1.29, 1.82) is 0 Å². The third-order valence-electron chi connectivity index (χ3n) is 9.39. The molecule has 47 heavy (non-hydrogen) atoms. The molecular weight excluding hydrogens is 565 g/mol. The topological polar surface area (TPSA) is 0 Å². The molecule has 0 saturated heterocycles. The van der Waals surface area contributed by atoms with Gasteiger partial charge in [-0.3, -0.25) is 0 Å². The van der Waals surface area contributed by atoms with Gasteiger partial charge in [0.15, 0.2) is 0 Å². The molecule has 0 bridgehead atoms. The fourth-order valence-electron chi connectivity index (χ4n) is 7.22. The van der Waals surface area contributed by atoms with Crippen LogP contribution in [0, 0.1) is 6.92 Å². The van der Waals surface area contributed by atoms with Crippen LogP contribution in [0.3, 0.4) is 0 Å². The summed E-state index contributed by atoms with van der Waals surface area (Å²) in [6.07, 6.45) is 4.02. The first-order chi connectivity index (χ1) is 23.2. The summed E-state index contributed by atoms with van der Waals surface area (Å²) in [5.41, 5.74) is 12.3. The number of rotatable bonds is 6. The summed E-state index contributed by atoms with van der Waals surface area (Å²) in [5, 5.41) is 7.55. The van der Waals surface area contributed by atoms with Crippen molar-refractivity contribution in [3.8, 4) is 33.4 Å². The Bertz CT molecular complexity index is 2410. The molecule has 8 aromatic rings. The van der Waals surface area contributed by atoms with Gasteiger partial charge in [-0.1, -0.05) is 176 Å². The van der Waals surface area contributed by atoms with Crippen molar-refractivity contribution in [3.05, 3.63) is 199 Å². The minimum Gasteiger partial charge on any atom is -0.0990 e. The number of hydrogen-bond acceptors (Lipinski definition) is 0. The molecule has 0 saturated carbocycles. The van der Waals surface area contributed by atoms with Crippen LogP contribution in [0.1, 0.15) is 16.7 Å². The Kier molecular flexibility index (Phi) is 7.32. The second kappa shape index (κ2) is 12.1. The van der Waals surface area contributed by atoms with Crippen LogP contribution in [0.5, 0.6) is 0 Å². The first-order valence-electron chi connectivity index (χ1n) is 16.2. The van der Waals surface area contributed by atoms with Crippen molar-refractivity contribution >= 4 is 37.9 Å². The van der Waals surface area contributed by atoms with Crippen LogP contribution in [0.15, 0.2) is 183 Å². The molecule has 0 heteroatoms. The van der Waals surface area contributed by atoms with Gasteiger partial charge in [0.2, 0.25) is 0 Å². The average Bonchev–Trinajstić information content (AvgIpc) is 3.13. The molecule has 0 spiro atoms. The molecule has 0 radical (unpaired) electrons. The Labute approximate surface area is 276 Å². The van der Waals surface area contributed by atoms with Crippen LogP contribution in [-0.2, 0) is 0 Å². The normalized spacial score (nSPS) is 11.7. The van der Waals surface area contributed by atoms with E-state index in [2.05, 4.69) is 183 Å². The molecule has 8 aromatic carbocycles. The molecular formula is C47H34. The Morgan fingerprint density at radius 3 is 1.66 bits per heavy atom. The van der Waals surface area contributed by atoms with Crippen LogP contribution in [0.2, 0.25) is 0 Å². The molecule has 0 atom stereocenters. The van der Waals surface area contributed by atoms with Gasteiger partial charge in [0.25, 0.3) is 0 Å². The van der Waals surface area contributed by atoms with Gasteiger partial charge >= 0.3 is 0 Å². The Morgan fingerprint density at radius 1 is 0.468 bits per heavy atom. The zero-order chi connectivity index (χ0) is 31.7. The molecule has 0 fully saturated rings. The SMILES string of the molecule is C=C/C=C(/c1cccc(-c2c3ccccc3c(-c3ccc(-c4cccc5ccccc45)cc3)c3ccccc23)c1)c1ccccc1C. The quantitative estimate of drug-likeness (QED) is 0.132. The third kappa shape index (κ3) is 5.05. The summed E-state index contributed by atoms with van der Waals surface area (Å²) >= 11 is 0. The van der Waals surface area contributed by atoms with Crippen LogP contribution in [-0.4, -0.2) is 0 Å². The van der Waals surface area contributed by atoms with E-state index in [9.17, 15) is 0 Å². The van der Waals surface area contributed by atoms with Gasteiger partial charge in [-0.25, -0.2) is 0 Å². The largest absolute Gasteiger partial charge is 0.0990 e. The Hall–Kier alpha value is -5.98. The third-order valence-corrected chi connectivity index (χ3v) is 9.39. The zero-order valence-corrected chi connectivity index (χ0v) is 26.5. The van der Waals surface area contributed by atoms with E-state index in [0.29, 0.717) is 0 Å². The van der Waals surface area contributed by atoms with Crippen molar-refractivity contribution in [2.45, 2.75) is 6.92 Å².